The van der Waals surface area contributed by atoms with E-state index in [1.54, 1.807) is 48.2 Å². The van der Waals surface area contributed by atoms with Gasteiger partial charge in [-0.2, -0.15) is 0 Å². The molecular weight excluding hydrogens is 340 g/mol. The van der Waals surface area contributed by atoms with E-state index < -0.39 is 5.37 Å². The molecule has 24 heavy (non-hydrogen) atoms. The summed E-state index contributed by atoms with van der Waals surface area (Å²) in [5.74, 6) is 0.530. The first-order valence-corrected chi connectivity index (χ1v) is 9.39. The van der Waals surface area contributed by atoms with Gasteiger partial charge in [-0.1, -0.05) is 72.1 Å². The first-order valence-electron chi connectivity index (χ1n) is 7.53. The minimum absolute atomic E-state index is 0.125. The molecule has 0 aromatic heterocycles. The molecule has 1 N–H and O–H groups in total. The fourth-order valence-electron chi connectivity index (χ4n) is 2.18. The summed E-state index contributed by atoms with van der Waals surface area (Å²) in [7, 11) is 0. The van der Waals surface area contributed by atoms with Crippen molar-refractivity contribution < 1.29 is 9.59 Å². The molecule has 0 aliphatic carbocycles. The van der Waals surface area contributed by atoms with E-state index in [9.17, 15) is 9.59 Å². The standard InChI is InChI=1S/C18H16N2O2S2/c21-15(13-7-3-1-4-8-13)17(24-18-19-11-12-23-18)20-16(22)14-9-5-2-6-10-14/h1-10,17H,11-12H2,(H,20,22). The Hall–Kier alpha value is -2.05. The maximum absolute atomic E-state index is 12.8. The van der Waals surface area contributed by atoms with Gasteiger partial charge in [0.05, 0.1) is 6.54 Å². The molecule has 1 amide bonds. The molecule has 122 valence electrons. The summed E-state index contributed by atoms with van der Waals surface area (Å²) in [5.41, 5.74) is 1.11. The van der Waals surface area contributed by atoms with E-state index in [-0.39, 0.29) is 11.7 Å². The van der Waals surface area contributed by atoms with Gasteiger partial charge in [-0.15, -0.1) is 0 Å². The van der Waals surface area contributed by atoms with Crippen LogP contribution >= 0.6 is 23.5 Å². The van der Waals surface area contributed by atoms with E-state index in [0.717, 1.165) is 16.7 Å². The normalized spacial score (nSPS) is 14.8. The fraction of sp³-hybridized carbons (Fsp3) is 0.167. The van der Waals surface area contributed by atoms with E-state index in [2.05, 4.69) is 10.3 Å². The Morgan fingerprint density at radius 2 is 1.62 bits per heavy atom. The van der Waals surface area contributed by atoms with Gasteiger partial charge in [-0.3, -0.25) is 14.6 Å². The van der Waals surface area contributed by atoms with Crippen molar-refractivity contribution in [3.05, 3.63) is 71.8 Å². The van der Waals surface area contributed by atoms with Gasteiger partial charge in [-0.05, 0) is 12.1 Å². The average Bonchev–Trinajstić information content (AvgIpc) is 3.15. The number of rotatable bonds is 5. The van der Waals surface area contributed by atoms with Gasteiger partial charge in [0.2, 0.25) is 0 Å². The third kappa shape index (κ3) is 4.27. The maximum Gasteiger partial charge on any atom is 0.252 e. The van der Waals surface area contributed by atoms with Crippen LogP contribution in [0, 0.1) is 0 Å². The molecule has 0 radical (unpaired) electrons. The van der Waals surface area contributed by atoms with E-state index in [4.69, 9.17) is 0 Å². The molecule has 2 aromatic carbocycles. The summed E-state index contributed by atoms with van der Waals surface area (Å²) in [4.78, 5) is 29.6. The lowest BCUT2D eigenvalue weighted by Crippen LogP contribution is -2.39. The van der Waals surface area contributed by atoms with Crippen molar-refractivity contribution in [2.45, 2.75) is 5.37 Å². The van der Waals surface area contributed by atoms with Crippen LogP contribution in [-0.2, 0) is 0 Å². The third-order valence-electron chi connectivity index (χ3n) is 3.37. The topological polar surface area (TPSA) is 58.5 Å². The SMILES string of the molecule is O=C(NC(SC1=NCCS1)C(=O)c1ccccc1)c1ccccc1. The van der Waals surface area contributed by atoms with Crippen LogP contribution in [0.5, 0.6) is 0 Å². The quantitative estimate of drug-likeness (QED) is 0.658. The van der Waals surface area contributed by atoms with Crippen LogP contribution in [-0.4, -0.2) is 33.7 Å². The second kappa shape index (κ2) is 8.17. The number of aliphatic imine (C=N–C) groups is 1. The molecule has 0 saturated carbocycles. The van der Waals surface area contributed by atoms with Crippen LogP contribution in [0.3, 0.4) is 0 Å². The number of benzene rings is 2. The molecule has 0 saturated heterocycles. The van der Waals surface area contributed by atoms with Crippen molar-refractivity contribution in [3.63, 3.8) is 0 Å². The van der Waals surface area contributed by atoms with Gasteiger partial charge < -0.3 is 5.32 Å². The predicted octanol–water partition coefficient (Wildman–Crippen LogP) is 3.46. The smallest absolute Gasteiger partial charge is 0.252 e. The summed E-state index contributed by atoms with van der Waals surface area (Å²) in [6.07, 6.45) is 0. The summed E-state index contributed by atoms with van der Waals surface area (Å²) in [6.45, 7) is 0.756. The number of hydrogen-bond acceptors (Lipinski definition) is 5. The molecule has 1 unspecified atom stereocenters. The lowest BCUT2D eigenvalue weighted by molar-refractivity contribution is 0.0892. The minimum atomic E-state index is -0.690. The van der Waals surface area contributed by atoms with Gasteiger partial charge >= 0.3 is 0 Å². The third-order valence-corrected chi connectivity index (χ3v) is 5.67. The van der Waals surface area contributed by atoms with Gasteiger partial charge in [0.25, 0.3) is 5.91 Å². The summed E-state index contributed by atoms with van der Waals surface area (Å²) in [6, 6.07) is 17.9. The number of carbonyl (C=O) groups excluding carboxylic acids is 2. The Labute approximate surface area is 149 Å². The van der Waals surface area contributed by atoms with Gasteiger partial charge in [0, 0.05) is 16.9 Å². The Bertz CT molecular complexity index is 748. The van der Waals surface area contributed by atoms with Crippen molar-refractivity contribution >= 4 is 39.6 Å². The predicted molar refractivity (Wildman–Crippen MR) is 101 cm³/mol. The summed E-state index contributed by atoms with van der Waals surface area (Å²) in [5, 5.41) is 2.15. The van der Waals surface area contributed by atoms with Crippen molar-refractivity contribution in [3.8, 4) is 0 Å². The molecular formula is C18H16N2O2S2. The van der Waals surface area contributed by atoms with Crippen LogP contribution in [0.25, 0.3) is 0 Å². The largest absolute Gasteiger partial charge is 0.333 e. The van der Waals surface area contributed by atoms with Crippen LogP contribution in [0.1, 0.15) is 20.7 Å². The Balaban J connectivity index is 1.79. The van der Waals surface area contributed by atoms with Crippen molar-refractivity contribution in [1.29, 1.82) is 0 Å². The average molecular weight is 356 g/mol. The van der Waals surface area contributed by atoms with Crippen molar-refractivity contribution in [2.75, 3.05) is 12.3 Å². The zero-order chi connectivity index (χ0) is 16.8. The maximum atomic E-state index is 12.8. The Kier molecular flexibility index (Phi) is 5.72. The van der Waals surface area contributed by atoms with Gasteiger partial charge in [-0.25, -0.2) is 0 Å². The van der Waals surface area contributed by atoms with E-state index in [0.29, 0.717) is 11.1 Å². The Morgan fingerprint density at radius 3 is 2.21 bits per heavy atom. The second-order valence-electron chi connectivity index (χ2n) is 5.06. The highest BCUT2D eigenvalue weighted by atomic mass is 32.2. The number of hydrogen-bond donors (Lipinski definition) is 1. The van der Waals surface area contributed by atoms with Gasteiger partial charge in [0.1, 0.15) is 9.75 Å². The van der Waals surface area contributed by atoms with E-state index >= 15 is 0 Å². The van der Waals surface area contributed by atoms with Crippen LogP contribution in [0.4, 0.5) is 0 Å². The van der Waals surface area contributed by atoms with E-state index in [1.807, 2.05) is 24.3 Å². The molecule has 3 rings (SSSR count). The van der Waals surface area contributed by atoms with Crippen molar-refractivity contribution in [1.82, 2.24) is 5.32 Å². The first kappa shape index (κ1) is 16.8. The minimum Gasteiger partial charge on any atom is -0.333 e. The molecule has 1 heterocycles. The molecule has 0 bridgehead atoms. The van der Waals surface area contributed by atoms with E-state index in [1.165, 1.54) is 11.8 Å². The molecule has 0 spiro atoms. The Morgan fingerprint density at radius 1 is 1.00 bits per heavy atom. The number of nitrogens with one attached hydrogen (secondary N) is 1. The first-order chi connectivity index (χ1) is 11.7. The number of amides is 1. The molecule has 0 fully saturated rings. The highest BCUT2D eigenvalue weighted by Gasteiger charge is 2.26. The molecule has 2 aromatic rings. The van der Waals surface area contributed by atoms with Crippen LogP contribution in [0.15, 0.2) is 65.7 Å². The second-order valence-corrected chi connectivity index (χ2v) is 7.50. The summed E-state index contributed by atoms with van der Waals surface area (Å²) >= 11 is 2.93. The van der Waals surface area contributed by atoms with Crippen LogP contribution in [0.2, 0.25) is 0 Å². The monoisotopic (exact) mass is 356 g/mol. The lowest BCUT2D eigenvalue weighted by Gasteiger charge is -2.17. The molecule has 4 nitrogen and oxygen atoms in total. The van der Waals surface area contributed by atoms with Crippen molar-refractivity contribution in [2.24, 2.45) is 4.99 Å². The van der Waals surface area contributed by atoms with Crippen LogP contribution < -0.4 is 5.32 Å². The number of carbonyl (C=O) groups is 2. The molecule has 1 aliphatic heterocycles. The zero-order valence-electron chi connectivity index (χ0n) is 12.8. The number of nitrogens with zero attached hydrogens (tertiary/aromatic N) is 1. The molecule has 1 aliphatic rings. The molecule has 6 heteroatoms. The highest BCUT2D eigenvalue weighted by Crippen LogP contribution is 2.27. The summed E-state index contributed by atoms with van der Waals surface area (Å²) < 4.78 is 0.845. The zero-order valence-corrected chi connectivity index (χ0v) is 14.5. The number of thioether (sulfide) groups is 2. The number of Topliss-reactive ketones (excluding diaryl/α,β-unsaturated/α-hetero) is 1. The fourth-order valence-corrected chi connectivity index (χ4v) is 4.31. The lowest BCUT2D eigenvalue weighted by atomic mass is 10.1. The van der Waals surface area contributed by atoms with Gasteiger partial charge in [0.15, 0.2) is 5.78 Å². The number of ketones is 1. The highest BCUT2D eigenvalue weighted by molar-refractivity contribution is 8.39. The molecule has 1 atom stereocenters.